The molecule has 0 radical (unpaired) electrons. The van der Waals surface area contributed by atoms with Gasteiger partial charge in [0.15, 0.2) is 0 Å². The highest BCUT2D eigenvalue weighted by Crippen LogP contribution is 2.54. The van der Waals surface area contributed by atoms with Crippen LogP contribution in [-0.2, 0) is 0 Å². The maximum atomic E-state index is 11.6. The van der Waals surface area contributed by atoms with Crippen molar-refractivity contribution in [3.63, 3.8) is 0 Å². The van der Waals surface area contributed by atoms with Gasteiger partial charge >= 0.3 is 0 Å². The van der Waals surface area contributed by atoms with Crippen LogP contribution in [0, 0.1) is 63.1 Å². The Bertz CT molecular complexity index is 544. The third-order valence-corrected chi connectivity index (χ3v) is 8.79. The van der Waals surface area contributed by atoms with Gasteiger partial charge in [-0.25, -0.2) is 0 Å². The number of hydrogen-bond donors (Lipinski definition) is 1. The Labute approximate surface area is 180 Å². The highest BCUT2D eigenvalue weighted by molar-refractivity contribution is 4.99. The molecule has 0 aromatic rings. The topological polar surface area (TPSA) is 49.7 Å². The van der Waals surface area contributed by atoms with Gasteiger partial charge in [0.25, 0.3) is 0 Å². The molecule has 3 nitrogen and oxygen atoms in total. The molecule has 2 aliphatic carbocycles. The molecule has 2 saturated carbocycles. The maximum Gasteiger partial charge on any atom is 0.0955 e. The predicted molar refractivity (Wildman–Crippen MR) is 124 cm³/mol. The molecule has 0 spiro atoms. The van der Waals surface area contributed by atoms with Crippen LogP contribution < -0.4 is 0 Å². The molecule has 0 heterocycles. The Morgan fingerprint density at radius 1 is 0.793 bits per heavy atom. The lowest BCUT2D eigenvalue weighted by atomic mass is 9.53. The van der Waals surface area contributed by atoms with Gasteiger partial charge in [-0.1, -0.05) is 74.4 Å². The Morgan fingerprint density at radius 3 is 1.66 bits per heavy atom. The molecule has 2 fully saturated rings. The van der Waals surface area contributed by atoms with E-state index in [1.54, 1.807) is 0 Å². The fraction of sp³-hybridized carbons (Fsp3) is 1.00. The van der Waals surface area contributed by atoms with Crippen molar-refractivity contribution < 1.29 is 5.11 Å². The quantitative estimate of drug-likeness (QED) is 0.502. The monoisotopic (exact) mass is 407 g/mol. The van der Waals surface area contributed by atoms with Crippen molar-refractivity contribution >= 4 is 0 Å². The summed E-state index contributed by atoms with van der Waals surface area (Å²) in [5, 5.41) is 14.4. The third-order valence-electron chi connectivity index (χ3n) is 8.79. The minimum atomic E-state index is -0.177. The molecule has 0 amide bonds. The lowest BCUT2D eigenvalue weighted by Crippen LogP contribution is -2.49. The van der Waals surface area contributed by atoms with E-state index in [9.17, 15) is 10.0 Å². The second-order valence-electron chi connectivity index (χ2n) is 13.2. The van der Waals surface area contributed by atoms with Crippen molar-refractivity contribution in [2.45, 2.75) is 107 Å². The zero-order chi connectivity index (χ0) is 22.3. The van der Waals surface area contributed by atoms with E-state index < -0.39 is 0 Å². The fourth-order valence-electron chi connectivity index (χ4n) is 7.16. The highest BCUT2D eigenvalue weighted by Gasteiger charge is 2.49. The first-order valence-corrected chi connectivity index (χ1v) is 12.2. The van der Waals surface area contributed by atoms with Gasteiger partial charge in [-0.3, -0.25) is 0 Å². The molecule has 0 aromatic carbocycles. The van der Waals surface area contributed by atoms with Crippen LogP contribution in [0.2, 0.25) is 0 Å². The van der Waals surface area contributed by atoms with Gasteiger partial charge in [0.2, 0.25) is 0 Å². The van der Waals surface area contributed by atoms with Crippen LogP contribution in [0.4, 0.5) is 0 Å². The Hall–Kier alpha value is -0.440. The van der Waals surface area contributed by atoms with Gasteiger partial charge in [-0.2, -0.15) is 4.91 Å². The summed E-state index contributed by atoms with van der Waals surface area (Å²) < 4.78 is 0. The number of aliphatic hydroxyl groups is 1. The van der Waals surface area contributed by atoms with E-state index in [2.05, 4.69) is 74.4 Å². The van der Waals surface area contributed by atoms with E-state index in [1.807, 2.05) is 0 Å². The van der Waals surface area contributed by atoms with E-state index >= 15 is 0 Å². The standard InChI is InChI=1S/C26H49NO2/c1-15(2)24(19-14-21(26(8,9)10)23(28)12-17(19)4)18-13-20(25(5,6)7)22(27-29)11-16(18)3/h15-24,28H,11-14H2,1-10H3. The van der Waals surface area contributed by atoms with Crippen molar-refractivity contribution in [2.75, 3.05) is 0 Å². The molecule has 0 bridgehead atoms. The first-order valence-electron chi connectivity index (χ1n) is 12.2. The van der Waals surface area contributed by atoms with Crippen LogP contribution in [-0.4, -0.2) is 17.3 Å². The minimum absolute atomic E-state index is 0.0398. The molecule has 2 rings (SSSR count). The summed E-state index contributed by atoms with van der Waals surface area (Å²) in [5.74, 6) is 4.38. The van der Waals surface area contributed by atoms with E-state index in [0.29, 0.717) is 47.3 Å². The van der Waals surface area contributed by atoms with Gasteiger partial charge in [0, 0.05) is 0 Å². The molecule has 170 valence electrons. The van der Waals surface area contributed by atoms with Gasteiger partial charge in [0.1, 0.15) is 0 Å². The van der Waals surface area contributed by atoms with E-state index in [1.165, 1.54) is 0 Å². The Kier molecular flexibility index (Phi) is 7.68. The smallest absolute Gasteiger partial charge is 0.0955 e. The van der Waals surface area contributed by atoms with Gasteiger partial charge < -0.3 is 5.11 Å². The number of hydrogen-bond acceptors (Lipinski definition) is 3. The molecule has 2 aliphatic rings. The summed E-state index contributed by atoms with van der Waals surface area (Å²) in [7, 11) is 0. The number of nitrogens with zero attached hydrogens (tertiary/aromatic N) is 1. The average molecular weight is 408 g/mol. The minimum Gasteiger partial charge on any atom is -0.393 e. The average Bonchev–Trinajstić information content (AvgIpc) is 2.55. The summed E-state index contributed by atoms with van der Waals surface area (Å²) >= 11 is 0. The molecule has 0 aromatic heterocycles. The Morgan fingerprint density at radius 2 is 1.24 bits per heavy atom. The number of rotatable bonds is 4. The lowest BCUT2D eigenvalue weighted by Gasteiger charge is -2.53. The Balaban J connectivity index is 2.35. The first kappa shape index (κ1) is 24.8. The molecule has 0 saturated heterocycles. The van der Waals surface area contributed by atoms with Gasteiger partial charge in [-0.15, -0.1) is 0 Å². The largest absolute Gasteiger partial charge is 0.393 e. The molecular weight excluding hydrogens is 358 g/mol. The van der Waals surface area contributed by atoms with Gasteiger partial charge in [-0.05, 0) is 83.9 Å². The molecule has 29 heavy (non-hydrogen) atoms. The zero-order valence-electron chi connectivity index (χ0n) is 20.9. The lowest BCUT2D eigenvalue weighted by molar-refractivity contribution is -0.0723. The SMILES string of the molecule is CC(C)C(C1CC(C(C)(C)C)C(O)CC1C)C1CC(C(C)(C)C)C(N=O)CC1C. The van der Waals surface area contributed by atoms with Crippen molar-refractivity contribution in [2.24, 2.45) is 63.4 Å². The first-order chi connectivity index (χ1) is 13.2. The van der Waals surface area contributed by atoms with E-state index in [-0.39, 0.29) is 23.0 Å². The van der Waals surface area contributed by atoms with Crippen LogP contribution >= 0.6 is 0 Å². The second-order valence-corrected chi connectivity index (χ2v) is 13.2. The van der Waals surface area contributed by atoms with E-state index in [4.69, 9.17) is 0 Å². The summed E-state index contributed by atoms with van der Waals surface area (Å²) in [6.45, 7) is 23.2. The highest BCUT2D eigenvalue weighted by atomic mass is 16.3. The van der Waals surface area contributed by atoms with E-state index in [0.717, 1.165) is 25.7 Å². The maximum absolute atomic E-state index is 11.6. The predicted octanol–water partition coefficient (Wildman–Crippen LogP) is 7.17. The van der Waals surface area contributed by atoms with Crippen LogP contribution in [0.5, 0.6) is 0 Å². The summed E-state index contributed by atoms with van der Waals surface area (Å²) in [6.07, 6.45) is 3.94. The van der Waals surface area contributed by atoms with Crippen LogP contribution in [0.3, 0.4) is 0 Å². The van der Waals surface area contributed by atoms with Crippen molar-refractivity contribution in [1.82, 2.24) is 0 Å². The number of nitroso groups, excluding NO2 is 1. The summed E-state index contributed by atoms with van der Waals surface area (Å²) in [6, 6.07) is -0.0398. The third kappa shape index (κ3) is 5.43. The molecule has 3 heteroatoms. The molecule has 9 atom stereocenters. The second kappa shape index (κ2) is 8.97. The number of aliphatic hydroxyl groups excluding tert-OH is 1. The molecule has 9 unspecified atom stereocenters. The van der Waals surface area contributed by atoms with Crippen molar-refractivity contribution in [3.8, 4) is 0 Å². The van der Waals surface area contributed by atoms with Crippen LogP contribution in [0.25, 0.3) is 0 Å². The molecule has 1 N–H and O–H groups in total. The fourth-order valence-corrected chi connectivity index (χ4v) is 7.16. The normalized spacial score (nSPS) is 40.7. The van der Waals surface area contributed by atoms with Gasteiger partial charge in [0.05, 0.1) is 12.1 Å². The van der Waals surface area contributed by atoms with Crippen LogP contribution in [0.15, 0.2) is 5.18 Å². The summed E-state index contributed by atoms with van der Waals surface area (Å²) in [4.78, 5) is 11.6. The van der Waals surface area contributed by atoms with Crippen molar-refractivity contribution in [1.29, 1.82) is 0 Å². The van der Waals surface area contributed by atoms with Crippen molar-refractivity contribution in [3.05, 3.63) is 4.91 Å². The molecular formula is C26H49NO2. The summed E-state index contributed by atoms with van der Waals surface area (Å²) in [5.41, 5.74) is 0.249. The van der Waals surface area contributed by atoms with Crippen LogP contribution in [0.1, 0.15) is 94.9 Å². The zero-order valence-corrected chi connectivity index (χ0v) is 20.9. The molecule has 0 aliphatic heterocycles.